The first kappa shape index (κ1) is 25.9. The maximum Gasteiger partial charge on any atom is 0.264 e. The van der Waals surface area contributed by atoms with Gasteiger partial charge in [0.25, 0.3) is 10.0 Å². The van der Waals surface area contributed by atoms with E-state index in [1.165, 1.54) is 4.31 Å². The van der Waals surface area contributed by atoms with E-state index in [1.54, 1.807) is 18.2 Å². The summed E-state index contributed by atoms with van der Waals surface area (Å²) in [6, 6.07) is 12.4. The number of anilines is 2. The molecule has 0 aromatic heterocycles. The van der Waals surface area contributed by atoms with Crippen molar-refractivity contribution in [1.82, 2.24) is 0 Å². The fourth-order valence-electron chi connectivity index (χ4n) is 5.20. The van der Waals surface area contributed by atoms with Gasteiger partial charge in [0.15, 0.2) is 0 Å². The van der Waals surface area contributed by atoms with Crippen LogP contribution in [0.3, 0.4) is 0 Å². The van der Waals surface area contributed by atoms with Gasteiger partial charge < -0.3 is 10.0 Å². The molecule has 8 heteroatoms. The molecule has 2 atom stereocenters. The topological polar surface area (TPSA) is 60.9 Å². The Bertz CT molecular complexity index is 1140. The van der Waals surface area contributed by atoms with E-state index in [2.05, 4.69) is 6.92 Å². The van der Waals surface area contributed by atoms with Crippen molar-refractivity contribution >= 4 is 21.4 Å². The Morgan fingerprint density at radius 3 is 2.46 bits per heavy atom. The van der Waals surface area contributed by atoms with Crippen molar-refractivity contribution in [3.8, 4) is 0 Å². The van der Waals surface area contributed by atoms with Crippen LogP contribution in [0.15, 0.2) is 47.4 Å². The number of aliphatic hydroxyl groups is 1. The van der Waals surface area contributed by atoms with E-state index in [9.17, 15) is 22.3 Å². The summed E-state index contributed by atoms with van der Waals surface area (Å²) in [4.78, 5) is 2.16. The zero-order valence-corrected chi connectivity index (χ0v) is 21.6. The monoisotopic (exact) mass is 506 g/mol. The first-order valence-electron chi connectivity index (χ1n) is 12.6. The number of benzene rings is 2. The lowest BCUT2D eigenvalue weighted by Gasteiger charge is -2.36. The molecule has 5 nitrogen and oxygen atoms in total. The van der Waals surface area contributed by atoms with E-state index in [4.69, 9.17) is 0 Å². The minimum absolute atomic E-state index is 0.0803. The van der Waals surface area contributed by atoms with Gasteiger partial charge in [-0.25, -0.2) is 17.2 Å². The summed E-state index contributed by atoms with van der Waals surface area (Å²) in [5, 5.41) is 10.7. The number of sulfonamides is 1. The molecule has 0 spiro atoms. The van der Waals surface area contributed by atoms with Crippen LogP contribution in [0, 0.1) is 11.8 Å². The maximum absolute atomic E-state index is 13.8. The van der Waals surface area contributed by atoms with Gasteiger partial charge in [-0.15, -0.1) is 0 Å². The Morgan fingerprint density at radius 1 is 1.14 bits per heavy atom. The van der Waals surface area contributed by atoms with E-state index in [0.29, 0.717) is 43.7 Å². The van der Waals surface area contributed by atoms with Gasteiger partial charge >= 0.3 is 0 Å². The average molecular weight is 507 g/mol. The van der Waals surface area contributed by atoms with E-state index in [-0.39, 0.29) is 29.6 Å². The van der Waals surface area contributed by atoms with Crippen LogP contribution in [0.2, 0.25) is 0 Å². The second kappa shape index (κ2) is 10.1. The molecule has 0 bridgehead atoms. The van der Waals surface area contributed by atoms with Gasteiger partial charge in [-0.3, -0.25) is 4.31 Å². The van der Waals surface area contributed by atoms with Crippen LogP contribution in [0.5, 0.6) is 0 Å². The van der Waals surface area contributed by atoms with Crippen LogP contribution < -0.4 is 9.21 Å². The largest absolute Gasteiger partial charge is 0.388 e. The molecule has 192 valence electrons. The van der Waals surface area contributed by atoms with Crippen LogP contribution in [0.25, 0.3) is 0 Å². The molecule has 1 fully saturated rings. The molecule has 1 heterocycles. The zero-order valence-electron chi connectivity index (χ0n) is 20.8. The fourth-order valence-corrected chi connectivity index (χ4v) is 6.86. The Labute approximate surface area is 207 Å². The third-order valence-corrected chi connectivity index (χ3v) is 8.90. The number of aryl methyl sites for hydroxylation is 1. The number of rotatable bonds is 8. The summed E-state index contributed by atoms with van der Waals surface area (Å²) in [5.74, 6) is -2.60. The van der Waals surface area contributed by atoms with Gasteiger partial charge in [0.1, 0.15) is 0 Å². The molecular formula is C27H36F2N2O3S. The van der Waals surface area contributed by atoms with Crippen molar-refractivity contribution in [3.05, 3.63) is 53.6 Å². The average Bonchev–Trinajstić information content (AvgIpc) is 3.17. The summed E-state index contributed by atoms with van der Waals surface area (Å²) in [7, 11) is -3.88. The third kappa shape index (κ3) is 5.64. The lowest BCUT2D eigenvalue weighted by molar-refractivity contribution is 0.00528. The van der Waals surface area contributed by atoms with Gasteiger partial charge in [-0.05, 0) is 67.0 Å². The molecular weight excluding hydrogens is 470 g/mol. The molecule has 0 saturated heterocycles. The summed E-state index contributed by atoms with van der Waals surface area (Å²) < 4.78 is 56.4. The third-order valence-electron chi connectivity index (χ3n) is 7.11. The van der Waals surface area contributed by atoms with Crippen molar-refractivity contribution < 1.29 is 22.3 Å². The quantitative estimate of drug-likeness (QED) is 0.493. The molecule has 35 heavy (non-hydrogen) atoms. The summed E-state index contributed by atoms with van der Waals surface area (Å²) in [6.45, 7) is 7.39. The van der Waals surface area contributed by atoms with Gasteiger partial charge in [0.2, 0.25) is 5.92 Å². The lowest BCUT2D eigenvalue weighted by atomic mass is 9.97. The van der Waals surface area contributed by atoms with E-state index < -0.39 is 22.0 Å². The molecule has 2 aromatic carbocycles. The zero-order chi connectivity index (χ0) is 25.4. The SMILES string of the molecule is CCc1ccc(N(CC(C)C)S(=O)(=O)c2ccc3c(c2)C(O)CCN3CC2CCC(F)(F)C2)cc1. The summed E-state index contributed by atoms with van der Waals surface area (Å²) >= 11 is 0. The molecule has 1 N–H and O–H groups in total. The first-order chi connectivity index (χ1) is 16.5. The van der Waals surface area contributed by atoms with Crippen molar-refractivity contribution in [2.24, 2.45) is 11.8 Å². The first-order valence-corrected chi connectivity index (χ1v) is 14.0. The van der Waals surface area contributed by atoms with E-state index >= 15 is 0 Å². The number of hydrogen-bond acceptors (Lipinski definition) is 4. The predicted molar refractivity (Wildman–Crippen MR) is 136 cm³/mol. The highest BCUT2D eigenvalue weighted by atomic mass is 32.2. The Kier molecular flexibility index (Phi) is 7.44. The molecule has 2 aliphatic rings. The molecule has 1 aliphatic heterocycles. The maximum atomic E-state index is 13.8. The van der Waals surface area contributed by atoms with Gasteiger partial charge in [-0.1, -0.05) is 32.9 Å². The Morgan fingerprint density at radius 2 is 1.86 bits per heavy atom. The van der Waals surface area contributed by atoms with Crippen molar-refractivity contribution in [3.63, 3.8) is 0 Å². The normalized spacial score (nSPS) is 21.9. The minimum Gasteiger partial charge on any atom is -0.388 e. The van der Waals surface area contributed by atoms with Crippen molar-refractivity contribution in [2.75, 3.05) is 28.8 Å². The standard InChI is InChI=1S/C27H36F2N2O3S/c1-4-20-5-7-22(8-6-20)31(17-19(2)3)35(33,34)23-9-10-25-24(15-23)26(32)12-14-30(25)18-21-11-13-27(28,29)16-21/h5-10,15,19,21,26,32H,4,11-14,16-18H2,1-3H3. The highest BCUT2D eigenvalue weighted by Crippen LogP contribution is 2.42. The van der Waals surface area contributed by atoms with Crippen molar-refractivity contribution in [1.29, 1.82) is 0 Å². The number of nitrogens with zero attached hydrogens (tertiary/aromatic N) is 2. The molecule has 4 rings (SSSR count). The van der Waals surface area contributed by atoms with Crippen LogP contribution in [0.1, 0.15) is 63.7 Å². The second-order valence-corrected chi connectivity index (χ2v) is 12.2. The van der Waals surface area contributed by atoms with E-state index in [0.717, 1.165) is 17.7 Å². The summed E-state index contributed by atoms with van der Waals surface area (Å²) in [5.41, 5.74) is 3.03. The molecule has 0 radical (unpaired) electrons. The minimum atomic E-state index is -3.88. The highest BCUT2D eigenvalue weighted by molar-refractivity contribution is 7.92. The van der Waals surface area contributed by atoms with Crippen LogP contribution >= 0.6 is 0 Å². The Balaban J connectivity index is 1.65. The van der Waals surface area contributed by atoms with E-state index in [1.807, 2.05) is 43.0 Å². The molecule has 1 aliphatic carbocycles. The number of aliphatic hydroxyl groups excluding tert-OH is 1. The molecule has 2 unspecified atom stereocenters. The van der Waals surface area contributed by atoms with Crippen LogP contribution in [0.4, 0.5) is 20.2 Å². The smallest absolute Gasteiger partial charge is 0.264 e. The van der Waals surface area contributed by atoms with Gasteiger partial charge in [-0.2, -0.15) is 0 Å². The fraction of sp³-hybridized carbons (Fsp3) is 0.556. The van der Waals surface area contributed by atoms with Gasteiger partial charge in [0, 0.05) is 43.7 Å². The van der Waals surface area contributed by atoms with Crippen LogP contribution in [-0.4, -0.2) is 39.1 Å². The number of hydrogen-bond donors (Lipinski definition) is 1. The highest BCUT2D eigenvalue weighted by Gasteiger charge is 2.40. The van der Waals surface area contributed by atoms with Gasteiger partial charge in [0.05, 0.1) is 16.7 Å². The van der Waals surface area contributed by atoms with Crippen LogP contribution in [-0.2, 0) is 16.4 Å². The second-order valence-electron chi connectivity index (χ2n) is 10.4. The molecule has 1 saturated carbocycles. The number of fused-ring (bicyclic) bond motifs is 1. The lowest BCUT2D eigenvalue weighted by Crippen LogP contribution is -2.36. The Hall–Kier alpha value is -2.19. The molecule has 2 aromatic rings. The predicted octanol–water partition coefficient (Wildman–Crippen LogP) is 5.78. The van der Waals surface area contributed by atoms with Crippen molar-refractivity contribution in [2.45, 2.75) is 69.8 Å². The molecule has 0 amide bonds. The summed E-state index contributed by atoms with van der Waals surface area (Å²) in [6.07, 6.45) is 0.805. The number of alkyl halides is 2. The number of halogens is 2.